The largest absolute Gasteiger partial charge is 0.414 e. The maximum atomic E-state index is 12.7. The number of thioether (sulfide) groups is 1. The minimum absolute atomic E-state index is 0.0178. The van der Waals surface area contributed by atoms with Crippen molar-refractivity contribution < 1.29 is 9.21 Å². The average Bonchev–Trinajstić information content (AvgIpc) is 3.42. The van der Waals surface area contributed by atoms with E-state index in [2.05, 4.69) is 27.3 Å². The van der Waals surface area contributed by atoms with Crippen LogP contribution in [-0.4, -0.2) is 31.9 Å². The van der Waals surface area contributed by atoms with Crippen LogP contribution >= 0.6 is 35.3 Å². The zero-order valence-corrected chi connectivity index (χ0v) is 18.5. The Morgan fingerprint density at radius 2 is 1.97 bits per heavy atom. The van der Waals surface area contributed by atoms with E-state index in [1.807, 2.05) is 54.6 Å². The summed E-state index contributed by atoms with van der Waals surface area (Å²) in [5.74, 6) is 1.42. The molecule has 0 radical (unpaired) electrons. The summed E-state index contributed by atoms with van der Waals surface area (Å²) in [4.78, 5) is 13.0. The van der Waals surface area contributed by atoms with Crippen LogP contribution in [0, 0.1) is 4.84 Å². The highest BCUT2D eigenvalue weighted by atomic mass is 32.2. The molecule has 6 nitrogen and oxygen atoms in total. The highest BCUT2D eigenvalue weighted by Gasteiger charge is 2.17. The van der Waals surface area contributed by atoms with E-state index in [0.29, 0.717) is 23.4 Å². The summed E-state index contributed by atoms with van der Waals surface area (Å²) in [7, 11) is 0. The molecule has 0 spiro atoms. The normalized spacial score (nSPS) is 12.0. The van der Waals surface area contributed by atoms with Crippen molar-refractivity contribution in [1.82, 2.24) is 20.4 Å². The molecule has 4 aromatic rings. The van der Waals surface area contributed by atoms with Crippen LogP contribution in [0.4, 0.5) is 0 Å². The van der Waals surface area contributed by atoms with Crippen molar-refractivity contribution in [2.45, 2.75) is 23.6 Å². The van der Waals surface area contributed by atoms with Gasteiger partial charge in [-0.2, -0.15) is 0 Å². The standard InChI is InChI=1S/C21H18N4O2S3/c1-13(15-8-5-9-16(12-15)18(26)14-6-3-2-4-7-14)19-23-25-21(30-19)29-11-10-17-22-24-20(28)27-17/h2-9,12-13H,10-11H2,1H3,(H,24,28). The first-order valence-corrected chi connectivity index (χ1v) is 11.5. The molecule has 0 amide bonds. The van der Waals surface area contributed by atoms with E-state index in [1.165, 1.54) is 0 Å². The van der Waals surface area contributed by atoms with Crippen LogP contribution in [0.3, 0.4) is 0 Å². The molecule has 1 unspecified atom stereocenters. The third kappa shape index (κ3) is 4.92. The number of ketones is 1. The van der Waals surface area contributed by atoms with E-state index in [9.17, 15) is 4.79 Å². The van der Waals surface area contributed by atoms with E-state index < -0.39 is 0 Å². The molecule has 0 saturated carbocycles. The minimum Gasteiger partial charge on any atom is -0.414 e. The number of H-pyrrole nitrogens is 1. The summed E-state index contributed by atoms with van der Waals surface area (Å²) in [6.45, 7) is 2.08. The van der Waals surface area contributed by atoms with E-state index in [0.717, 1.165) is 20.7 Å². The number of nitrogens with zero attached hydrogens (tertiary/aromatic N) is 3. The molecule has 4 rings (SSSR count). The average molecular weight is 455 g/mol. The second-order valence-electron chi connectivity index (χ2n) is 6.55. The van der Waals surface area contributed by atoms with Crippen molar-refractivity contribution in [2.24, 2.45) is 0 Å². The molecule has 0 aliphatic carbocycles. The number of aromatic amines is 1. The van der Waals surface area contributed by atoms with E-state index in [-0.39, 0.29) is 16.5 Å². The molecule has 152 valence electrons. The first-order chi connectivity index (χ1) is 14.6. The zero-order valence-electron chi connectivity index (χ0n) is 16.1. The lowest BCUT2D eigenvalue weighted by Gasteiger charge is -2.10. The third-order valence-electron chi connectivity index (χ3n) is 4.50. The topological polar surface area (TPSA) is 84.7 Å². The monoisotopic (exact) mass is 454 g/mol. The predicted octanol–water partition coefficient (Wildman–Crippen LogP) is 5.30. The fraction of sp³-hybridized carbons (Fsp3) is 0.190. The molecular weight excluding hydrogens is 436 g/mol. The van der Waals surface area contributed by atoms with Crippen LogP contribution in [0.15, 0.2) is 63.4 Å². The number of hydrogen-bond donors (Lipinski definition) is 1. The Kier molecular flexibility index (Phi) is 6.51. The van der Waals surface area contributed by atoms with Gasteiger partial charge in [0.2, 0.25) is 5.89 Å². The Balaban J connectivity index is 1.42. The molecule has 0 aliphatic heterocycles. The lowest BCUT2D eigenvalue weighted by molar-refractivity contribution is 0.103. The number of aromatic nitrogens is 4. The Morgan fingerprint density at radius 1 is 1.17 bits per heavy atom. The van der Waals surface area contributed by atoms with Crippen LogP contribution < -0.4 is 0 Å². The Morgan fingerprint density at radius 3 is 2.73 bits per heavy atom. The van der Waals surface area contributed by atoms with Crippen molar-refractivity contribution in [3.63, 3.8) is 0 Å². The number of carbonyl (C=O) groups excluding carboxylic acids is 1. The van der Waals surface area contributed by atoms with E-state index >= 15 is 0 Å². The van der Waals surface area contributed by atoms with Crippen LogP contribution in [-0.2, 0) is 6.42 Å². The van der Waals surface area contributed by atoms with Gasteiger partial charge in [-0.15, -0.1) is 15.3 Å². The zero-order chi connectivity index (χ0) is 20.9. The molecule has 9 heteroatoms. The molecule has 0 saturated heterocycles. The van der Waals surface area contributed by atoms with Crippen LogP contribution in [0.1, 0.15) is 45.2 Å². The van der Waals surface area contributed by atoms with Gasteiger partial charge in [0.15, 0.2) is 10.1 Å². The van der Waals surface area contributed by atoms with Gasteiger partial charge in [-0.05, 0) is 23.8 Å². The van der Waals surface area contributed by atoms with Gasteiger partial charge < -0.3 is 4.42 Å². The summed E-state index contributed by atoms with van der Waals surface area (Å²) in [5, 5.41) is 16.2. The molecule has 0 bridgehead atoms. The molecule has 2 heterocycles. The summed E-state index contributed by atoms with van der Waals surface area (Å²) >= 11 is 8.04. The van der Waals surface area contributed by atoms with Gasteiger partial charge >= 0.3 is 0 Å². The number of nitrogens with one attached hydrogen (secondary N) is 1. The summed E-state index contributed by atoms with van der Waals surface area (Å²) in [5.41, 5.74) is 2.40. The first kappa shape index (κ1) is 20.6. The van der Waals surface area contributed by atoms with Crippen LogP contribution in [0.25, 0.3) is 0 Å². The molecule has 2 aromatic heterocycles. The van der Waals surface area contributed by atoms with Crippen LogP contribution in [0.2, 0.25) is 0 Å². The minimum atomic E-state index is 0.0178. The number of carbonyl (C=O) groups is 1. The van der Waals surface area contributed by atoms with Crippen molar-refractivity contribution in [1.29, 1.82) is 0 Å². The first-order valence-electron chi connectivity index (χ1n) is 9.30. The van der Waals surface area contributed by atoms with Crippen molar-refractivity contribution in [3.8, 4) is 0 Å². The number of aryl methyl sites for hydroxylation is 1. The molecule has 0 aliphatic rings. The molecule has 2 aromatic carbocycles. The van der Waals surface area contributed by atoms with Crippen molar-refractivity contribution in [3.05, 3.63) is 87.0 Å². The molecule has 1 atom stereocenters. The van der Waals surface area contributed by atoms with Gasteiger partial charge in [-0.3, -0.25) is 4.79 Å². The quantitative estimate of drug-likeness (QED) is 0.220. The summed E-state index contributed by atoms with van der Waals surface area (Å²) in [6, 6.07) is 17.0. The summed E-state index contributed by atoms with van der Waals surface area (Å²) in [6.07, 6.45) is 0.659. The Labute approximate surface area is 186 Å². The number of benzene rings is 2. The lowest BCUT2D eigenvalue weighted by Crippen LogP contribution is -2.03. The van der Waals surface area contributed by atoms with Gasteiger partial charge in [-0.1, -0.05) is 78.6 Å². The van der Waals surface area contributed by atoms with Crippen molar-refractivity contribution in [2.75, 3.05) is 5.75 Å². The second-order valence-corrected chi connectivity index (χ2v) is 9.28. The SMILES string of the molecule is CC(c1cccc(C(=O)c2ccccc2)c1)c1nnc(SCCc2n[nH]c(=S)o2)s1. The van der Waals surface area contributed by atoms with Crippen molar-refractivity contribution >= 4 is 41.1 Å². The lowest BCUT2D eigenvalue weighted by atomic mass is 9.96. The van der Waals surface area contributed by atoms with Gasteiger partial charge in [0.05, 0.1) is 0 Å². The second kappa shape index (κ2) is 9.46. The molecule has 0 fully saturated rings. The highest BCUT2D eigenvalue weighted by molar-refractivity contribution is 8.01. The third-order valence-corrected chi connectivity index (χ3v) is 6.92. The van der Waals surface area contributed by atoms with Gasteiger partial charge in [0.1, 0.15) is 5.01 Å². The maximum Gasteiger partial charge on any atom is 0.284 e. The van der Waals surface area contributed by atoms with Gasteiger partial charge in [0, 0.05) is 29.2 Å². The smallest absolute Gasteiger partial charge is 0.284 e. The van der Waals surface area contributed by atoms with Gasteiger partial charge in [-0.25, -0.2) is 5.10 Å². The van der Waals surface area contributed by atoms with Gasteiger partial charge in [0.25, 0.3) is 4.84 Å². The fourth-order valence-electron chi connectivity index (χ4n) is 2.89. The number of hydrogen-bond acceptors (Lipinski definition) is 8. The van der Waals surface area contributed by atoms with E-state index in [1.54, 1.807) is 23.1 Å². The predicted molar refractivity (Wildman–Crippen MR) is 120 cm³/mol. The highest BCUT2D eigenvalue weighted by Crippen LogP contribution is 2.31. The summed E-state index contributed by atoms with van der Waals surface area (Å²) < 4.78 is 6.15. The molecule has 30 heavy (non-hydrogen) atoms. The van der Waals surface area contributed by atoms with Crippen LogP contribution in [0.5, 0.6) is 0 Å². The Hall–Kier alpha value is -2.62. The van der Waals surface area contributed by atoms with E-state index in [4.69, 9.17) is 16.6 Å². The molecule has 1 N–H and O–H groups in total. The number of rotatable bonds is 8. The fourth-order valence-corrected chi connectivity index (χ4v) is 4.98. The Bertz CT molecular complexity index is 1200. The molecular formula is C21H18N4O2S3. The maximum absolute atomic E-state index is 12.7.